The van der Waals surface area contributed by atoms with Crippen LogP contribution in [0.3, 0.4) is 0 Å². The first kappa shape index (κ1) is 18.8. The third-order valence-corrected chi connectivity index (χ3v) is 5.71. The summed E-state index contributed by atoms with van der Waals surface area (Å²) in [5.41, 5.74) is 2.12. The van der Waals surface area contributed by atoms with Crippen LogP contribution in [-0.2, 0) is 4.79 Å². The average Bonchev–Trinajstić information content (AvgIpc) is 3.42. The van der Waals surface area contributed by atoms with Crippen molar-refractivity contribution < 1.29 is 14.3 Å². The maximum absolute atomic E-state index is 13.2. The molecule has 1 heterocycles. The molecule has 28 heavy (non-hydrogen) atoms. The first-order chi connectivity index (χ1) is 13.7. The molecule has 2 fully saturated rings. The van der Waals surface area contributed by atoms with Crippen LogP contribution in [0.15, 0.2) is 48.5 Å². The standard InChI is InChI=1S/C23H28N2O3/c1-27-18-12-13-21(28-2)19(15-18)20-9-6-14-25(20)22(16-7-4-3-5-8-16)23(26)24-17-10-11-17/h3-5,7-8,12-13,15,17,20,22H,6,9-11,14H2,1-2H3,(H,24,26)/t20-,22-/m0/s1. The van der Waals surface area contributed by atoms with Gasteiger partial charge in [0.1, 0.15) is 17.5 Å². The van der Waals surface area contributed by atoms with Gasteiger partial charge in [0.05, 0.1) is 14.2 Å². The summed E-state index contributed by atoms with van der Waals surface area (Å²) in [4.78, 5) is 15.6. The molecular weight excluding hydrogens is 352 g/mol. The lowest BCUT2D eigenvalue weighted by molar-refractivity contribution is -0.127. The minimum Gasteiger partial charge on any atom is -0.497 e. The fourth-order valence-electron chi connectivity index (χ4n) is 4.17. The van der Waals surface area contributed by atoms with Gasteiger partial charge in [-0.1, -0.05) is 30.3 Å². The fourth-order valence-corrected chi connectivity index (χ4v) is 4.17. The Balaban J connectivity index is 1.70. The Hall–Kier alpha value is -2.53. The van der Waals surface area contributed by atoms with E-state index < -0.39 is 0 Å². The van der Waals surface area contributed by atoms with Gasteiger partial charge in [-0.25, -0.2) is 0 Å². The van der Waals surface area contributed by atoms with Crippen LogP contribution in [0.2, 0.25) is 0 Å². The van der Waals surface area contributed by atoms with E-state index in [1.807, 2.05) is 36.4 Å². The quantitative estimate of drug-likeness (QED) is 0.792. The number of benzene rings is 2. The Morgan fingerprint density at radius 2 is 1.86 bits per heavy atom. The zero-order chi connectivity index (χ0) is 19.5. The van der Waals surface area contributed by atoms with Crippen molar-refractivity contribution in [1.29, 1.82) is 0 Å². The van der Waals surface area contributed by atoms with E-state index >= 15 is 0 Å². The van der Waals surface area contributed by atoms with Gasteiger partial charge in [-0.15, -0.1) is 0 Å². The molecule has 1 aliphatic heterocycles. The summed E-state index contributed by atoms with van der Waals surface area (Å²) in [7, 11) is 3.37. The molecule has 148 valence electrons. The van der Waals surface area contributed by atoms with E-state index in [1.54, 1.807) is 14.2 Å². The minimum atomic E-state index is -0.301. The van der Waals surface area contributed by atoms with Crippen LogP contribution in [-0.4, -0.2) is 37.6 Å². The highest BCUT2D eigenvalue weighted by Crippen LogP contribution is 2.43. The second-order valence-electron chi connectivity index (χ2n) is 7.60. The molecule has 5 nitrogen and oxygen atoms in total. The number of ether oxygens (including phenoxy) is 2. The monoisotopic (exact) mass is 380 g/mol. The van der Waals surface area contributed by atoms with Gasteiger partial charge in [0.25, 0.3) is 0 Å². The number of rotatable bonds is 7. The van der Waals surface area contributed by atoms with Gasteiger partial charge in [0.15, 0.2) is 0 Å². The van der Waals surface area contributed by atoms with Crippen molar-refractivity contribution in [2.45, 2.75) is 43.8 Å². The predicted molar refractivity (Wildman–Crippen MR) is 109 cm³/mol. The maximum Gasteiger partial charge on any atom is 0.242 e. The zero-order valence-electron chi connectivity index (χ0n) is 16.6. The number of carbonyl (C=O) groups excluding carboxylic acids is 1. The fraction of sp³-hybridized carbons (Fsp3) is 0.435. The molecule has 4 rings (SSSR count). The number of amides is 1. The van der Waals surface area contributed by atoms with Crippen LogP contribution >= 0.6 is 0 Å². The van der Waals surface area contributed by atoms with Crippen molar-refractivity contribution in [3.63, 3.8) is 0 Å². The van der Waals surface area contributed by atoms with Crippen molar-refractivity contribution in [3.05, 3.63) is 59.7 Å². The highest BCUT2D eigenvalue weighted by Gasteiger charge is 2.39. The first-order valence-electron chi connectivity index (χ1n) is 10.0. The Kier molecular flexibility index (Phi) is 5.53. The maximum atomic E-state index is 13.2. The van der Waals surface area contributed by atoms with E-state index in [2.05, 4.69) is 22.3 Å². The highest BCUT2D eigenvalue weighted by atomic mass is 16.5. The molecular formula is C23H28N2O3. The molecule has 2 atom stereocenters. The van der Waals surface area contributed by atoms with Crippen LogP contribution in [0.25, 0.3) is 0 Å². The van der Waals surface area contributed by atoms with Crippen molar-refractivity contribution in [2.24, 2.45) is 0 Å². The van der Waals surface area contributed by atoms with Gasteiger partial charge >= 0.3 is 0 Å². The molecule has 1 aliphatic carbocycles. The van der Waals surface area contributed by atoms with Crippen molar-refractivity contribution in [2.75, 3.05) is 20.8 Å². The summed E-state index contributed by atoms with van der Waals surface area (Å²) in [6.07, 6.45) is 4.20. The van der Waals surface area contributed by atoms with E-state index in [0.717, 1.165) is 54.9 Å². The number of carbonyl (C=O) groups is 1. The van der Waals surface area contributed by atoms with Crippen molar-refractivity contribution in [3.8, 4) is 11.5 Å². The molecule has 1 saturated heterocycles. The molecule has 0 radical (unpaired) electrons. The lowest BCUT2D eigenvalue weighted by Crippen LogP contribution is -2.41. The normalized spacial score (nSPS) is 20.6. The third kappa shape index (κ3) is 3.85. The first-order valence-corrected chi connectivity index (χ1v) is 10.0. The molecule has 0 spiro atoms. The molecule has 1 N–H and O–H groups in total. The zero-order valence-corrected chi connectivity index (χ0v) is 16.6. The average molecular weight is 380 g/mol. The summed E-state index contributed by atoms with van der Waals surface area (Å²) in [5.74, 6) is 1.75. The Morgan fingerprint density at radius 1 is 1.07 bits per heavy atom. The topological polar surface area (TPSA) is 50.8 Å². The van der Waals surface area contributed by atoms with E-state index in [0.29, 0.717) is 6.04 Å². The lowest BCUT2D eigenvalue weighted by Gasteiger charge is -2.33. The van der Waals surface area contributed by atoms with E-state index in [-0.39, 0.29) is 18.0 Å². The number of hydrogen-bond acceptors (Lipinski definition) is 4. The Morgan fingerprint density at radius 3 is 2.54 bits per heavy atom. The summed E-state index contributed by atoms with van der Waals surface area (Å²) in [6.45, 7) is 0.878. The summed E-state index contributed by atoms with van der Waals surface area (Å²) in [5, 5.41) is 3.22. The van der Waals surface area contributed by atoms with Crippen LogP contribution in [0.4, 0.5) is 0 Å². The molecule has 0 aromatic heterocycles. The molecule has 2 aliphatic rings. The second-order valence-corrected chi connectivity index (χ2v) is 7.60. The molecule has 0 unspecified atom stereocenters. The van der Waals surface area contributed by atoms with E-state index in [1.165, 1.54) is 0 Å². The molecule has 0 bridgehead atoms. The number of hydrogen-bond donors (Lipinski definition) is 1. The largest absolute Gasteiger partial charge is 0.497 e. The van der Waals surface area contributed by atoms with Crippen LogP contribution < -0.4 is 14.8 Å². The SMILES string of the molecule is COc1ccc(OC)c([C@@H]2CCCN2[C@H](C(=O)NC2CC2)c2ccccc2)c1. The molecule has 1 saturated carbocycles. The smallest absolute Gasteiger partial charge is 0.242 e. The number of methoxy groups -OCH3 is 2. The van der Waals surface area contributed by atoms with Gasteiger partial charge in [0.2, 0.25) is 5.91 Å². The minimum absolute atomic E-state index is 0.0995. The summed E-state index contributed by atoms with van der Waals surface area (Å²) >= 11 is 0. The Bertz CT molecular complexity index is 820. The van der Waals surface area contributed by atoms with Crippen LogP contribution in [0, 0.1) is 0 Å². The van der Waals surface area contributed by atoms with Crippen molar-refractivity contribution >= 4 is 5.91 Å². The molecule has 1 amide bonds. The molecule has 2 aromatic carbocycles. The molecule has 2 aromatic rings. The van der Waals surface area contributed by atoms with Crippen LogP contribution in [0.1, 0.15) is 48.9 Å². The molecule has 5 heteroatoms. The lowest BCUT2D eigenvalue weighted by atomic mass is 9.98. The van der Waals surface area contributed by atoms with Gasteiger partial charge in [-0.2, -0.15) is 0 Å². The number of nitrogens with one attached hydrogen (secondary N) is 1. The van der Waals surface area contributed by atoms with Gasteiger partial charge < -0.3 is 14.8 Å². The third-order valence-electron chi connectivity index (χ3n) is 5.71. The summed E-state index contributed by atoms with van der Waals surface area (Å²) in [6, 6.07) is 16.2. The van der Waals surface area contributed by atoms with Gasteiger partial charge in [-0.3, -0.25) is 9.69 Å². The number of likely N-dealkylation sites (tertiary alicyclic amines) is 1. The summed E-state index contributed by atoms with van der Waals surface area (Å²) < 4.78 is 11.1. The van der Waals surface area contributed by atoms with Gasteiger partial charge in [-0.05, 0) is 56.0 Å². The van der Waals surface area contributed by atoms with E-state index in [4.69, 9.17) is 9.47 Å². The Labute approximate surface area is 166 Å². The van der Waals surface area contributed by atoms with E-state index in [9.17, 15) is 4.79 Å². The second kappa shape index (κ2) is 8.23. The number of nitrogens with zero attached hydrogens (tertiary/aromatic N) is 1. The predicted octanol–water partition coefficient (Wildman–Crippen LogP) is 3.86. The van der Waals surface area contributed by atoms with Gasteiger partial charge in [0, 0.05) is 17.6 Å². The van der Waals surface area contributed by atoms with Crippen LogP contribution in [0.5, 0.6) is 11.5 Å². The highest BCUT2D eigenvalue weighted by molar-refractivity contribution is 5.84. The van der Waals surface area contributed by atoms with Crippen molar-refractivity contribution in [1.82, 2.24) is 10.2 Å².